The van der Waals surface area contributed by atoms with Crippen molar-refractivity contribution in [2.75, 3.05) is 19.7 Å². The first-order valence-electron chi connectivity index (χ1n) is 7.36. The first-order valence-corrected chi connectivity index (χ1v) is 7.73. The zero-order valence-corrected chi connectivity index (χ0v) is 12.7. The molecule has 1 aromatic carbocycles. The molecule has 0 bridgehead atoms. The average Bonchev–Trinajstić information content (AvgIpc) is 2.47. The van der Waals surface area contributed by atoms with E-state index in [9.17, 15) is 4.79 Å². The molecule has 4 heteroatoms. The lowest BCUT2D eigenvalue weighted by Crippen LogP contribution is -2.35. The van der Waals surface area contributed by atoms with Crippen molar-refractivity contribution in [2.45, 2.75) is 38.6 Å². The molecule has 1 aliphatic heterocycles. The molecule has 1 heterocycles. The van der Waals surface area contributed by atoms with Crippen molar-refractivity contribution < 1.29 is 9.53 Å². The second kappa shape index (κ2) is 7.65. The van der Waals surface area contributed by atoms with Gasteiger partial charge in [-0.05, 0) is 50.6 Å². The molecule has 1 aliphatic rings. The standard InChI is InChI=1S/C16H22ClNO2/c1-2-20-16(19)12-15(18-10-4-3-5-11-18)13-6-8-14(17)9-7-13/h6-9,15H,2-5,10-12H2,1H3/t15-/m1/s1. The summed E-state index contributed by atoms with van der Waals surface area (Å²) in [6.07, 6.45) is 4.10. The Morgan fingerprint density at radius 3 is 2.50 bits per heavy atom. The number of carbonyl (C=O) groups excluding carboxylic acids is 1. The van der Waals surface area contributed by atoms with E-state index >= 15 is 0 Å². The van der Waals surface area contributed by atoms with Gasteiger partial charge >= 0.3 is 5.97 Å². The minimum Gasteiger partial charge on any atom is -0.466 e. The van der Waals surface area contributed by atoms with Crippen LogP contribution in [0.15, 0.2) is 24.3 Å². The quantitative estimate of drug-likeness (QED) is 0.774. The Hall–Kier alpha value is -1.06. The van der Waals surface area contributed by atoms with Gasteiger partial charge in [-0.2, -0.15) is 0 Å². The van der Waals surface area contributed by atoms with E-state index in [1.54, 1.807) is 0 Å². The van der Waals surface area contributed by atoms with Crippen LogP contribution in [0.2, 0.25) is 5.02 Å². The van der Waals surface area contributed by atoms with E-state index < -0.39 is 0 Å². The van der Waals surface area contributed by atoms with Crippen LogP contribution in [-0.2, 0) is 9.53 Å². The van der Waals surface area contributed by atoms with Gasteiger partial charge in [0.25, 0.3) is 0 Å². The summed E-state index contributed by atoms with van der Waals surface area (Å²) in [5.74, 6) is -0.127. The van der Waals surface area contributed by atoms with E-state index in [0.717, 1.165) is 23.7 Å². The third-order valence-electron chi connectivity index (χ3n) is 3.75. The highest BCUT2D eigenvalue weighted by molar-refractivity contribution is 6.30. The molecule has 0 saturated carbocycles. The first-order chi connectivity index (χ1) is 9.70. The smallest absolute Gasteiger partial charge is 0.307 e. The second-order valence-electron chi connectivity index (χ2n) is 5.17. The number of nitrogens with zero attached hydrogens (tertiary/aromatic N) is 1. The van der Waals surface area contributed by atoms with Crippen LogP contribution in [0.25, 0.3) is 0 Å². The van der Waals surface area contributed by atoms with Crippen LogP contribution in [-0.4, -0.2) is 30.6 Å². The number of esters is 1. The zero-order chi connectivity index (χ0) is 14.4. The lowest BCUT2D eigenvalue weighted by atomic mass is 9.99. The summed E-state index contributed by atoms with van der Waals surface area (Å²) in [6, 6.07) is 7.91. The van der Waals surface area contributed by atoms with E-state index in [-0.39, 0.29) is 12.0 Å². The topological polar surface area (TPSA) is 29.5 Å². The van der Waals surface area contributed by atoms with Gasteiger partial charge < -0.3 is 4.74 Å². The van der Waals surface area contributed by atoms with Crippen LogP contribution < -0.4 is 0 Å². The van der Waals surface area contributed by atoms with Crippen LogP contribution in [0.5, 0.6) is 0 Å². The third-order valence-corrected chi connectivity index (χ3v) is 4.00. The summed E-state index contributed by atoms with van der Waals surface area (Å²) in [5.41, 5.74) is 1.14. The second-order valence-corrected chi connectivity index (χ2v) is 5.61. The van der Waals surface area contributed by atoms with E-state index in [2.05, 4.69) is 4.90 Å². The summed E-state index contributed by atoms with van der Waals surface area (Å²) in [5, 5.41) is 0.724. The van der Waals surface area contributed by atoms with Gasteiger partial charge in [-0.3, -0.25) is 9.69 Å². The summed E-state index contributed by atoms with van der Waals surface area (Å²) < 4.78 is 5.12. The fourth-order valence-electron chi connectivity index (χ4n) is 2.75. The number of halogens is 1. The number of rotatable bonds is 5. The molecule has 1 aromatic rings. The SMILES string of the molecule is CCOC(=O)C[C@H](c1ccc(Cl)cc1)N1CCCCC1. The highest BCUT2D eigenvalue weighted by Crippen LogP contribution is 2.28. The highest BCUT2D eigenvalue weighted by Gasteiger charge is 2.25. The maximum atomic E-state index is 11.9. The van der Waals surface area contributed by atoms with E-state index in [1.165, 1.54) is 19.3 Å². The molecule has 1 atom stereocenters. The van der Waals surface area contributed by atoms with Gasteiger partial charge in [-0.15, -0.1) is 0 Å². The molecule has 0 unspecified atom stereocenters. The Bertz CT molecular complexity index is 427. The molecule has 1 saturated heterocycles. The molecule has 0 amide bonds. The highest BCUT2D eigenvalue weighted by atomic mass is 35.5. The predicted octanol–water partition coefficient (Wildman–Crippen LogP) is 3.82. The number of likely N-dealkylation sites (tertiary alicyclic amines) is 1. The van der Waals surface area contributed by atoms with Gasteiger partial charge in [-0.1, -0.05) is 30.2 Å². The van der Waals surface area contributed by atoms with Gasteiger partial charge in [0, 0.05) is 11.1 Å². The van der Waals surface area contributed by atoms with E-state index in [4.69, 9.17) is 16.3 Å². The molecule has 2 rings (SSSR count). The lowest BCUT2D eigenvalue weighted by molar-refractivity contribution is -0.144. The van der Waals surface area contributed by atoms with Crippen LogP contribution in [0.4, 0.5) is 0 Å². The van der Waals surface area contributed by atoms with Crippen LogP contribution in [0, 0.1) is 0 Å². The van der Waals surface area contributed by atoms with Crippen molar-refractivity contribution in [3.8, 4) is 0 Å². The molecule has 0 aromatic heterocycles. The molecule has 0 spiro atoms. The minimum absolute atomic E-state index is 0.103. The molecule has 1 fully saturated rings. The maximum absolute atomic E-state index is 11.9. The Labute approximate surface area is 125 Å². The van der Waals surface area contributed by atoms with Crippen LogP contribution in [0.3, 0.4) is 0 Å². The first kappa shape index (κ1) is 15.3. The largest absolute Gasteiger partial charge is 0.466 e. The number of carbonyl (C=O) groups is 1. The fourth-order valence-corrected chi connectivity index (χ4v) is 2.88. The Morgan fingerprint density at radius 1 is 1.25 bits per heavy atom. The lowest BCUT2D eigenvalue weighted by Gasteiger charge is -2.34. The van der Waals surface area contributed by atoms with Crippen molar-refractivity contribution in [3.05, 3.63) is 34.9 Å². The number of ether oxygens (including phenoxy) is 1. The fraction of sp³-hybridized carbons (Fsp3) is 0.562. The van der Waals surface area contributed by atoms with Crippen molar-refractivity contribution >= 4 is 17.6 Å². The minimum atomic E-state index is -0.127. The Morgan fingerprint density at radius 2 is 1.90 bits per heavy atom. The summed E-state index contributed by atoms with van der Waals surface area (Å²) >= 11 is 5.95. The third kappa shape index (κ3) is 4.22. The van der Waals surface area contributed by atoms with Gasteiger partial charge in [0.05, 0.1) is 13.0 Å². The molecule has 0 radical (unpaired) electrons. The van der Waals surface area contributed by atoms with Crippen molar-refractivity contribution in [1.29, 1.82) is 0 Å². The van der Waals surface area contributed by atoms with Crippen molar-refractivity contribution in [3.63, 3.8) is 0 Å². The number of piperidine rings is 1. The molecule has 3 nitrogen and oxygen atoms in total. The summed E-state index contributed by atoms with van der Waals surface area (Å²) in [7, 11) is 0. The van der Waals surface area contributed by atoms with Gasteiger partial charge in [-0.25, -0.2) is 0 Å². The van der Waals surface area contributed by atoms with E-state index in [1.807, 2.05) is 31.2 Å². The normalized spacial score (nSPS) is 17.7. The summed E-state index contributed by atoms with van der Waals surface area (Å²) in [4.78, 5) is 14.3. The molecule has 110 valence electrons. The van der Waals surface area contributed by atoms with E-state index in [0.29, 0.717) is 13.0 Å². The Balaban J connectivity index is 2.13. The number of benzene rings is 1. The monoisotopic (exact) mass is 295 g/mol. The zero-order valence-electron chi connectivity index (χ0n) is 12.0. The maximum Gasteiger partial charge on any atom is 0.307 e. The number of hydrogen-bond acceptors (Lipinski definition) is 3. The molecule has 0 aliphatic carbocycles. The van der Waals surface area contributed by atoms with Gasteiger partial charge in [0.1, 0.15) is 0 Å². The average molecular weight is 296 g/mol. The predicted molar refractivity (Wildman–Crippen MR) is 80.9 cm³/mol. The Kier molecular flexibility index (Phi) is 5.86. The van der Waals surface area contributed by atoms with Gasteiger partial charge in [0.2, 0.25) is 0 Å². The van der Waals surface area contributed by atoms with Crippen molar-refractivity contribution in [2.24, 2.45) is 0 Å². The number of hydrogen-bond donors (Lipinski definition) is 0. The van der Waals surface area contributed by atoms with Crippen LogP contribution in [0.1, 0.15) is 44.2 Å². The van der Waals surface area contributed by atoms with Crippen LogP contribution >= 0.6 is 11.6 Å². The van der Waals surface area contributed by atoms with Crippen molar-refractivity contribution in [1.82, 2.24) is 4.90 Å². The summed E-state index contributed by atoms with van der Waals surface area (Å²) in [6.45, 7) is 4.38. The molecule has 0 N–H and O–H groups in total. The molecular formula is C16H22ClNO2. The molecule has 20 heavy (non-hydrogen) atoms. The van der Waals surface area contributed by atoms with Gasteiger partial charge in [0.15, 0.2) is 0 Å². The molecular weight excluding hydrogens is 274 g/mol.